The summed E-state index contributed by atoms with van der Waals surface area (Å²) in [5.41, 5.74) is 25.0. The lowest BCUT2D eigenvalue weighted by atomic mass is 9.95. The van der Waals surface area contributed by atoms with Crippen LogP contribution in [0.5, 0.6) is 0 Å². The van der Waals surface area contributed by atoms with E-state index in [1.54, 1.807) is 115 Å². The molecule has 149 heavy (non-hydrogen) atoms. The molecular formula is C111H72N10O28. The Balaban J connectivity index is 0.000000170. The van der Waals surface area contributed by atoms with Gasteiger partial charge >= 0.3 is 59.9 Å². The topological polar surface area (TPSA) is 640 Å². The molecule has 0 radical (unpaired) electrons. The predicted octanol–water partition coefficient (Wildman–Crippen LogP) is 17.0. The van der Waals surface area contributed by atoms with Gasteiger partial charge in [0, 0.05) is 79.1 Å². The van der Waals surface area contributed by atoms with E-state index in [1.807, 2.05) is 0 Å². The zero-order valence-corrected chi connectivity index (χ0v) is 76.6. The number of anilines is 10. The summed E-state index contributed by atoms with van der Waals surface area (Å²) < 4.78 is 9.26. The number of Topliss-reactive ketones (excluding diaryl/α,β-unsaturated/α-hetero) is 2. The highest BCUT2D eigenvalue weighted by molar-refractivity contribution is 6.25. The number of nitrogen functional groups attached to an aromatic ring is 3. The number of carbonyl (C=O) groups excluding carboxylic acids is 16. The quantitative estimate of drug-likeness (QED) is 0.0109. The van der Waals surface area contributed by atoms with Crippen molar-refractivity contribution in [1.82, 2.24) is 0 Å². The maximum absolute atomic E-state index is 13.6. The molecule has 734 valence electrons. The zero-order valence-electron chi connectivity index (χ0n) is 76.6. The molecule has 18 N–H and O–H groups in total. The molecule has 0 fully saturated rings. The van der Waals surface area contributed by atoms with E-state index in [0.29, 0.717) is 107 Å². The van der Waals surface area contributed by atoms with E-state index >= 15 is 0 Å². The number of esters is 4. The fourth-order valence-corrected chi connectivity index (χ4v) is 15.8. The van der Waals surface area contributed by atoms with E-state index < -0.39 is 89.2 Å². The number of benzene rings is 15. The first-order chi connectivity index (χ1) is 71.4. The maximum Gasteiger partial charge on any atom is 0.373 e. The molecule has 0 saturated carbocycles. The molecule has 0 unspecified atom stereocenters. The van der Waals surface area contributed by atoms with Gasteiger partial charge in [-0.15, -0.1) is 0 Å². The third kappa shape index (κ3) is 23.2. The maximum atomic E-state index is 13.6. The zero-order chi connectivity index (χ0) is 106. The van der Waals surface area contributed by atoms with Crippen LogP contribution in [0.1, 0.15) is 203 Å². The van der Waals surface area contributed by atoms with Crippen LogP contribution in [-0.4, -0.2) is 145 Å². The van der Waals surface area contributed by atoms with Crippen LogP contribution in [0.25, 0.3) is 55.6 Å². The second-order valence-electron chi connectivity index (χ2n) is 32.8. The number of carboxylic acid groups (broad SMARTS) is 5. The SMILES string of the molecule is Nc1ccc(NC(=O)c2cc(-c3ccc(C(=O)O)c(C(=O)Nc4ccc(NC(=O)c5cc(-c6ccc7c(c6)C(=O)OC7=O)ccc5C(=O)O)cc4)c3)ccc2C=O)cc1.Nc1ccc(NC(=O)c2cccc(-c3ccc(C(=O)O)c(C(=O)Nc4ccc(N)cc4)c3)c2)cc1.O=C(O)c1ccc(-c2ccc3c(c2)C(=O)CC3=O)cc1C(=O)Nc1ccc(NC(=O)c2cc(-c3ccc4c(c3)C(=O)OC4=O)ccc2C(=O)O)cc1.O=C=O. The summed E-state index contributed by atoms with van der Waals surface area (Å²) in [7, 11) is 0. The second kappa shape index (κ2) is 43.8. The molecule has 0 saturated heterocycles. The van der Waals surface area contributed by atoms with Crippen LogP contribution in [0.4, 0.5) is 56.9 Å². The highest BCUT2D eigenvalue weighted by atomic mass is 16.6. The third-order valence-corrected chi connectivity index (χ3v) is 23.2. The van der Waals surface area contributed by atoms with Crippen molar-refractivity contribution in [3.05, 3.63) is 415 Å². The minimum atomic E-state index is -1.38. The molecule has 2 heterocycles. The average molecular weight is 1990 g/mol. The van der Waals surface area contributed by atoms with Crippen molar-refractivity contribution in [2.45, 2.75) is 6.42 Å². The molecule has 15 aromatic rings. The van der Waals surface area contributed by atoms with Crippen molar-refractivity contribution < 1.29 is 136 Å². The normalized spacial score (nSPS) is 11.6. The average Bonchev–Trinajstić information content (AvgIpc) is 1.62. The lowest BCUT2D eigenvalue weighted by Gasteiger charge is -2.13. The number of nitrogens with two attached hydrogens (primary N) is 3. The lowest BCUT2D eigenvalue weighted by molar-refractivity contribution is -0.191. The van der Waals surface area contributed by atoms with Crippen LogP contribution in [-0.2, 0) is 19.1 Å². The van der Waals surface area contributed by atoms with E-state index in [2.05, 4.69) is 46.7 Å². The summed E-state index contributed by atoms with van der Waals surface area (Å²) in [5.74, 6) is -15.0. The smallest absolute Gasteiger partial charge is 0.373 e. The molecule has 0 aromatic heterocycles. The van der Waals surface area contributed by atoms with E-state index in [4.69, 9.17) is 26.8 Å². The number of fused-ring (bicyclic) bond motifs is 3. The van der Waals surface area contributed by atoms with Crippen LogP contribution in [0.15, 0.2) is 309 Å². The molecule has 2 aliphatic heterocycles. The number of ketones is 2. The third-order valence-electron chi connectivity index (χ3n) is 23.2. The van der Waals surface area contributed by atoms with Gasteiger partial charge in [-0.05, 0) is 286 Å². The number of amides is 7. The van der Waals surface area contributed by atoms with Gasteiger partial charge in [0.25, 0.3) is 41.4 Å². The highest BCUT2D eigenvalue weighted by Gasteiger charge is 2.34. The van der Waals surface area contributed by atoms with Gasteiger partial charge in [-0.1, -0.05) is 78.9 Å². The van der Waals surface area contributed by atoms with E-state index in [0.717, 1.165) is 0 Å². The van der Waals surface area contributed by atoms with Crippen molar-refractivity contribution in [3.63, 3.8) is 0 Å². The van der Waals surface area contributed by atoms with Gasteiger partial charge in [0.1, 0.15) is 0 Å². The number of aldehydes is 1. The predicted molar refractivity (Wildman–Crippen MR) is 538 cm³/mol. The minimum absolute atomic E-state index is 0.0106. The largest absolute Gasteiger partial charge is 0.478 e. The minimum Gasteiger partial charge on any atom is -0.478 e. The first-order valence-electron chi connectivity index (χ1n) is 43.9. The van der Waals surface area contributed by atoms with Gasteiger partial charge in [-0.25, -0.2) is 43.2 Å². The Morgan fingerprint density at radius 2 is 0.463 bits per heavy atom. The molecule has 18 rings (SSSR count). The first kappa shape index (κ1) is 101. The fraction of sp³-hybridized carbons (Fsp3) is 0.00901. The van der Waals surface area contributed by atoms with Crippen LogP contribution in [0, 0.1) is 0 Å². The van der Waals surface area contributed by atoms with Gasteiger partial charge in [0.15, 0.2) is 17.9 Å². The Morgan fingerprint density at radius 1 is 0.242 bits per heavy atom. The molecule has 15 aromatic carbocycles. The number of carboxylic acids is 5. The fourth-order valence-electron chi connectivity index (χ4n) is 15.8. The summed E-state index contributed by atoms with van der Waals surface area (Å²) in [6, 6.07) is 76.5. The van der Waals surface area contributed by atoms with Crippen molar-refractivity contribution in [2.75, 3.05) is 54.4 Å². The van der Waals surface area contributed by atoms with E-state index in [-0.39, 0.29) is 147 Å². The molecule has 3 aliphatic rings. The van der Waals surface area contributed by atoms with Crippen molar-refractivity contribution >= 4 is 176 Å². The van der Waals surface area contributed by atoms with Gasteiger partial charge in [0.05, 0.1) is 89.9 Å². The van der Waals surface area contributed by atoms with Crippen LogP contribution in [0.2, 0.25) is 0 Å². The van der Waals surface area contributed by atoms with E-state index in [1.165, 1.54) is 194 Å². The second-order valence-corrected chi connectivity index (χ2v) is 32.8. The summed E-state index contributed by atoms with van der Waals surface area (Å²) in [5, 5.41) is 67.5. The number of ether oxygens (including phenoxy) is 2. The Bertz CT molecular complexity index is 8110. The molecule has 38 heteroatoms. The molecule has 7 amide bonds. The number of cyclic esters (lactones) is 4. The Labute approximate surface area is 838 Å². The van der Waals surface area contributed by atoms with Gasteiger partial charge in [0.2, 0.25) is 0 Å². The Kier molecular flexibility index (Phi) is 29.8. The Morgan fingerprint density at radius 3 is 0.752 bits per heavy atom. The van der Waals surface area contributed by atoms with Gasteiger partial charge in [-0.2, -0.15) is 9.59 Å². The molecule has 1 aliphatic carbocycles. The van der Waals surface area contributed by atoms with Crippen LogP contribution < -0.4 is 54.4 Å². The molecule has 0 bridgehead atoms. The standard InChI is InChI=1S/C44H28N4O11.C39H22N2O11.C27H22N4O4.CO2/c45-27-6-8-28(9-7-27)46-38(50)34-17-22(1-2-26(34)21-49)23-3-14-31(41(53)54)35(18-23)39(51)47-29-10-12-30(13-11-29)48-40(52)36-19-24(4-15-32(36)42(55)56)25-5-16-33-37(20-25)44(58)59-43(33)57;42-32-17-33(43)28-13-18(1-9-24(28)32)19-2-10-25(36(46)47)29(14-19)34(44)40-22-5-7-23(8-6-22)41-35(45)30-15-20(3-11-26(30)37(48)49)21-4-12-27-31(16-21)39(51)52-38(27)50;28-19-5-9-21(10-6-19)30-25(32)18-3-1-2-16(14-18)17-4-13-23(27(34)35)24(15-17)26(33)31-22-11-7-20(29)8-12-22;2-1-3/h1-21H,45H2,(H,46,50)(H,47,51)(H,48,52)(H,53,54)(H,55,56);1-16H,17H2,(H,40,44)(H,41,45)(H,46,47)(H,48,49);1-15H,28-29H2,(H,30,32)(H,31,33)(H,34,35);. The van der Waals surface area contributed by atoms with Gasteiger partial charge < -0.3 is 89.4 Å². The number of hydrogen-bond acceptors (Lipinski definition) is 26. The number of hydrogen-bond donors (Lipinski definition) is 15. The first-order valence-corrected chi connectivity index (χ1v) is 43.9. The molecule has 38 nitrogen and oxygen atoms in total. The highest BCUT2D eigenvalue weighted by Crippen LogP contribution is 2.37. The van der Waals surface area contributed by atoms with Crippen LogP contribution in [0.3, 0.4) is 0 Å². The monoisotopic (exact) mass is 1990 g/mol. The van der Waals surface area contributed by atoms with Crippen molar-refractivity contribution in [2.24, 2.45) is 0 Å². The lowest BCUT2D eigenvalue weighted by Crippen LogP contribution is -2.17. The van der Waals surface area contributed by atoms with Crippen molar-refractivity contribution in [3.8, 4) is 55.6 Å². The summed E-state index contributed by atoms with van der Waals surface area (Å²) in [6.07, 6.45) is 0.559. The summed E-state index contributed by atoms with van der Waals surface area (Å²) >= 11 is 0. The van der Waals surface area contributed by atoms with Crippen LogP contribution >= 0.6 is 0 Å². The molecular weight excluding hydrogens is 1920 g/mol. The number of nitrogens with one attached hydrogen (secondary N) is 7. The van der Waals surface area contributed by atoms with Gasteiger partial charge in [-0.3, -0.25) is 47.9 Å². The number of aromatic carboxylic acids is 5. The molecule has 0 atom stereocenters. The van der Waals surface area contributed by atoms with Crippen molar-refractivity contribution in [1.29, 1.82) is 0 Å². The summed E-state index contributed by atoms with van der Waals surface area (Å²) in [4.78, 5) is 253. The van der Waals surface area contributed by atoms with E-state index in [9.17, 15) is 117 Å². The summed E-state index contributed by atoms with van der Waals surface area (Å²) in [6.45, 7) is 0. The number of carbonyl (C=O) groups is 19. The number of rotatable bonds is 25. The molecule has 0 spiro atoms. The Hall–Kier alpha value is -22.0.